The number of aromatic nitrogens is 3. The number of pyridine rings is 1. The van der Waals surface area contributed by atoms with Crippen molar-refractivity contribution < 1.29 is 4.52 Å². The summed E-state index contributed by atoms with van der Waals surface area (Å²) in [5, 5.41) is 4.02. The van der Waals surface area contributed by atoms with Crippen LogP contribution in [0.2, 0.25) is 0 Å². The average Bonchev–Trinajstić information content (AvgIpc) is 3.04. The SMILES string of the molecule is CN(Cc1cccc(CCN)c1)Cc1nc(-c2cccnc2)no1. The molecule has 2 N–H and O–H groups in total. The topological polar surface area (TPSA) is 81.1 Å². The molecule has 0 aliphatic heterocycles. The Bertz CT molecular complexity index is 772. The molecular weight excluding hydrogens is 302 g/mol. The first-order valence-electron chi connectivity index (χ1n) is 7.94. The molecule has 0 bridgehead atoms. The van der Waals surface area contributed by atoms with E-state index < -0.39 is 0 Å². The van der Waals surface area contributed by atoms with Crippen LogP contribution in [-0.2, 0) is 19.5 Å². The molecule has 0 saturated heterocycles. The van der Waals surface area contributed by atoms with Gasteiger partial charge in [0.05, 0.1) is 6.54 Å². The van der Waals surface area contributed by atoms with E-state index in [2.05, 4.69) is 44.3 Å². The first-order chi connectivity index (χ1) is 11.7. The number of rotatable bonds is 7. The molecule has 6 nitrogen and oxygen atoms in total. The minimum absolute atomic E-state index is 0.566. The normalized spacial score (nSPS) is 11.1. The summed E-state index contributed by atoms with van der Waals surface area (Å²) in [6.45, 7) is 2.07. The number of hydrogen-bond acceptors (Lipinski definition) is 6. The lowest BCUT2D eigenvalue weighted by Gasteiger charge is -2.14. The zero-order chi connectivity index (χ0) is 16.8. The second-order valence-electron chi connectivity index (χ2n) is 5.78. The standard InChI is InChI=1S/C18H21N5O/c1-23(12-15-5-2-4-14(10-15)7-8-19)13-17-21-18(22-24-17)16-6-3-9-20-11-16/h2-6,9-11H,7-8,12-13,19H2,1H3. The molecule has 1 aromatic carbocycles. The van der Waals surface area contributed by atoms with E-state index in [0.717, 1.165) is 18.5 Å². The molecule has 2 aromatic heterocycles. The fraction of sp³-hybridized carbons (Fsp3) is 0.278. The van der Waals surface area contributed by atoms with E-state index in [1.807, 2.05) is 19.2 Å². The highest BCUT2D eigenvalue weighted by Crippen LogP contribution is 2.15. The van der Waals surface area contributed by atoms with Gasteiger partial charge in [-0.25, -0.2) is 0 Å². The molecule has 0 spiro atoms. The Balaban J connectivity index is 1.62. The van der Waals surface area contributed by atoms with E-state index in [0.29, 0.717) is 24.8 Å². The minimum atomic E-state index is 0.566. The van der Waals surface area contributed by atoms with Gasteiger partial charge in [0.15, 0.2) is 0 Å². The summed E-state index contributed by atoms with van der Waals surface area (Å²) in [7, 11) is 2.03. The maximum atomic E-state index is 5.62. The van der Waals surface area contributed by atoms with Gasteiger partial charge >= 0.3 is 0 Å². The second kappa shape index (κ2) is 7.81. The quantitative estimate of drug-likeness (QED) is 0.718. The van der Waals surface area contributed by atoms with Gasteiger partial charge < -0.3 is 10.3 Å². The largest absolute Gasteiger partial charge is 0.338 e. The monoisotopic (exact) mass is 323 g/mol. The average molecular weight is 323 g/mol. The van der Waals surface area contributed by atoms with Crippen molar-refractivity contribution in [3.63, 3.8) is 0 Å². The Kier molecular flexibility index (Phi) is 5.30. The Morgan fingerprint density at radius 1 is 1.12 bits per heavy atom. The van der Waals surface area contributed by atoms with Crippen molar-refractivity contribution in [2.24, 2.45) is 5.73 Å². The molecule has 24 heavy (non-hydrogen) atoms. The van der Waals surface area contributed by atoms with Gasteiger partial charge in [-0.1, -0.05) is 29.4 Å². The summed E-state index contributed by atoms with van der Waals surface area (Å²) in [5.74, 6) is 1.16. The third kappa shape index (κ3) is 4.24. The molecule has 0 aliphatic carbocycles. The highest BCUT2D eigenvalue weighted by molar-refractivity contribution is 5.51. The molecule has 0 radical (unpaired) electrons. The van der Waals surface area contributed by atoms with Crippen LogP contribution < -0.4 is 5.73 Å². The lowest BCUT2D eigenvalue weighted by Crippen LogP contribution is -2.17. The smallest absolute Gasteiger partial charge is 0.241 e. The van der Waals surface area contributed by atoms with Crippen molar-refractivity contribution in [1.29, 1.82) is 0 Å². The Morgan fingerprint density at radius 3 is 2.79 bits per heavy atom. The maximum Gasteiger partial charge on any atom is 0.241 e. The molecular formula is C18H21N5O. The van der Waals surface area contributed by atoms with Crippen LogP contribution in [-0.4, -0.2) is 33.6 Å². The summed E-state index contributed by atoms with van der Waals surface area (Å²) in [6.07, 6.45) is 4.34. The molecule has 6 heteroatoms. The predicted molar refractivity (Wildman–Crippen MR) is 91.9 cm³/mol. The summed E-state index contributed by atoms with van der Waals surface area (Å²) in [6, 6.07) is 12.2. The molecule has 2 heterocycles. The van der Waals surface area contributed by atoms with Gasteiger partial charge in [-0.15, -0.1) is 0 Å². The van der Waals surface area contributed by atoms with Crippen LogP contribution in [0.15, 0.2) is 53.3 Å². The number of benzene rings is 1. The van der Waals surface area contributed by atoms with Crippen molar-refractivity contribution in [2.45, 2.75) is 19.5 Å². The van der Waals surface area contributed by atoms with E-state index in [-0.39, 0.29) is 0 Å². The van der Waals surface area contributed by atoms with Crippen LogP contribution in [0.5, 0.6) is 0 Å². The van der Waals surface area contributed by atoms with Gasteiger partial charge in [0.25, 0.3) is 0 Å². The van der Waals surface area contributed by atoms with E-state index in [9.17, 15) is 0 Å². The summed E-state index contributed by atoms with van der Waals surface area (Å²) < 4.78 is 5.34. The molecule has 0 amide bonds. The molecule has 0 unspecified atom stereocenters. The zero-order valence-corrected chi connectivity index (χ0v) is 13.7. The van der Waals surface area contributed by atoms with Crippen molar-refractivity contribution in [1.82, 2.24) is 20.0 Å². The number of hydrogen-bond donors (Lipinski definition) is 1. The van der Waals surface area contributed by atoms with Crippen LogP contribution >= 0.6 is 0 Å². The number of nitrogens with zero attached hydrogens (tertiary/aromatic N) is 4. The van der Waals surface area contributed by atoms with Gasteiger partial charge in [0.1, 0.15) is 0 Å². The first kappa shape index (κ1) is 16.3. The first-order valence-corrected chi connectivity index (χ1v) is 7.94. The van der Waals surface area contributed by atoms with E-state index in [1.165, 1.54) is 11.1 Å². The van der Waals surface area contributed by atoms with Crippen molar-refractivity contribution >= 4 is 0 Å². The van der Waals surface area contributed by atoms with Gasteiger partial charge in [0.2, 0.25) is 11.7 Å². The fourth-order valence-corrected chi connectivity index (χ4v) is 2.58. The summed E-state index contributed by atoms with van der Waals surface area (Å²) in [5.41, 5.74) is 8.98. The van der Waals surface area contributed by atoms with E-state index in [4.69, 9.17) is 10.3 Å². The van der Waals surface area contributed by atoms with Gasteiger partial charge in [-0.3, -0.25) is 9.88 Å². The van der Waals surface area contributed by atoms with Crippen molar-refractivity contribution in [2.75, 3.05) is 13.6 Å². The van der Waals surface area contributed by atoms with Crippen molar-refractivity contribution in [3.8, 4) is 11.4 Å². The van der Waals surface area contributed by atoms with Crippen LogP contribution in [0.25, 0.3) is 11.4 Å². The van der Waals surface area contributed by atoms with Crippen molar-refractivity contribution in [3.05, 3.63) is 65.8 Å². The van der Waals surface area contributed by atoms with Crippen LogP contribution in [0.4, 0.5) is 0 Å². The molecule has 0 atom stereocenters. The maximum absolute atomic E-state index is 5.62. The second-order valence-corrected chi connectivity index (χ2v) is 5.78. The highest BCUT2D eigenvalue weighted by Gasteiger charge is 2.11. The van der Waals surface area contributed by atoms with Crippen LogP contribution in [0.1, 0.15) is 17.0 Å². The molecule has 3 rings (SSSR count). The van der Waals surface area contributed by atoms with Gasteiger partial charge in [-0.2, -0.15) is 4.98 Å². The fourth-order valence-electron chi connectivity index (χ4n) is 2.58. The van der Waals surface area contributed by atoms with Gasteiger partial charge in [0, 0.05) is 24.5 Å². The molecule has 124 valence electrons. The third-order valence-electron chi connectivity index (χ3n) is 3.67. The molecule has 0 saturated carbocycles. The Labute approximate surface area is 141 Å². The molecule has 0 aliphatic rings. The molecule has 0 fully saturated rings. The van der Waals surface area contributed by atoms with E-state index >= 15 is 0 Å². The molecule has 3 aromatic rings. The van der Waals surface area contributed by atoms with Crippen LogP contribution in [0.3, 0.4) is 0 Å². The Hall–Kier alpha value is -2.57. The lowest BCUT2D eigenvalue weighted by atomic mass is 10.1. The summed E-state index contributed by atoms with van der Waals surface area (Å²) in [4.78, 5) is 10.6. The predicted octanol–water partition coefficient (Wildman–Crippen LogP) is 2.26. The van der Waals surface area contributed by atoms with Crippen LogP contribution in [0, 0.1) is 0 Å². The third-order valence-corrected chi connectivity index (χ3v) is 3.67. The number of nitrogens with two attached hydrogens (primary N) is 1. The highest BCUT2D eigenvalue weighted by atomic mass is 16.5. The summed E-state index contributed by atoms with van der Waals surface area (Å²) >= 11 is 0. The zero-order valence-electron chi connectivity index (χ0n) is 13.7. The lowest BCUT2D eigenvalue weighted by molar-refractivity contribution is 0.261. The minimum Gasteiger partial charge on any atom is -0.338 e. The van der Waals surface area contributed by atoms with Gasteiger partial charge in [-0.05, 0) is 43.3 Å². The Morgan fingerprint density at radius 2 is 2.00 bits per heavy atom. The van der Waals surface area contributed by atoms with E-state index in [1.54, 1.807) is 12.4 Å².